The van der Waals surface area contributed by atoms with Crippen LogP contribution in [-0.4, -0.2) is 40.9 Å². The van der Waals surface area contributed by atoms with Crippen molar-refractivity contribution in [2.45, 2.75) is 12.6 Å². The molecule has 35 heavy (non-hydrogen) atoms. The van der Waals surface area contributed by atoms with Gasteiger partial charge in [-0.25, -0.2) is 0 Å². The van der Waals surface area contributed by atoms with Crippen molar-refractivity contribution in [3.63, 3.8) is 0 Å². The van der Waals surface area contributed by atoms with E-state index >= 15 is 0 Å². The van der Waals surface area contributed by atoms with Crippen molar-refractivity contribution >= 4 is 11.6 Å². The zero-order valence-electron chi connectivity index (χ0n) is 20.3. The molecule has 184 valence electrons. The van der Waals surface area contributed by atoms with Gasteiger partial charge in [0.2, 0.25) is 11.7 Å². The van der Waals surface area contributed by atoms with Crippen molar-refractivity contribution in [2.24, 2.45) is 11.7 Å². The minimum absolute atomic E-state index is 0.0747. The molecule has 3 aromatic carbocycles. The zero-order valence-corrected chi connectivity index (χ0v) is 20.3. The van der Waals surface area contributed by atoms with E-state index in [9.17, 15) is 4.79 Å². The highest BCUT2D eigenvalue weighted by molar-refractivity contribution is 6.04. The lowest BCUT2D eigenvalue weighted by Gasteiger charge is -2.47. The van der Waals surface area contributed by atoms with Crippen molar-refractivity contribution < 1.29 is 28.5 Å². The van der Waals surface area contributed by atoms with Crippen molar-refractivity contribution in [3.05, 3.63) is 71.8 Å². The van der Waals surface area contributed by atoms with Crippen molar-refractivity contribution in [3.8, 4) is 28.7 Å². The Kier molecular flexibility index (Phi) is 7.31. The minimum Gasteiger partial charge on any atom is -0.493 e. The van der Waals surface area contributed by atoms with Gasteiger partial charge in [0.1, 0.15) is 6.61 Å². The SMILES string of the molecule is COc1ccc([C@H]2[C@H](CN)C(=O)N2c2cc(OC)c(OC)c(OC)c2)cc1OCc1ccccc1. The second-order valence-corrected chi connectivity index (χ2v) is 8.06. The maximum absolute atomic E-state index is 13.1. The van der Waals surface area contributed by atoms with Gasteiger partial charge in [0.15, 0.2) is 23.0 Å². The van der Waals surface area contributed by atoms with Crippen molar-refractivity contribution in [2.75, 3.05) is 39.9 Å². The first-order valence-electron chi connectivity index (χ1n) is 11.2. The van der Waals surface area contributed by atoms with E-state index in [0.717, 1.165) is 11.1 Å². The number of carbonyl (C=O) groups excluding carboxylic acids is 1. The molecule has 0 saturated carbocycles. The highest BCUT2D eigenvalue weighted by atomic mass is 16.5. The molecule has 0 aliphatic carbocycles. The molecule has 1 amide bonds. The highest BCUT2D eigenvalue weighted by Gasteiger charge is 2.48. The van der Waals surface area contributed by atoms with Crippen LogP contribution >= 0.6 is 0 Å². The molecule has 2 atom stereocenters. The summed E-state index contributed by atoms with van der Waals surface area (Å²) in [4.78, 5) is 14.8. The van der Waals surface area contributed by atoms with E-state index in [4.69, 9.17) is 29.4 Å². The van der Waals surface area contributed by atoms with Crippen LogP contribution in [0, 0.1) is 5.92 Å². The summed E-state index contributed by atoms with van der Waals surface area (Å²) in [6.45, 7) is 0.609. The molecule has 0 spiro atoms. The van der Waals surface area contributed by atoms with Gasteiger partial charge in [0, 0.05) is 18.7 Å². The van der Waals surface area contributed by atoms with Crippen LogP contribution in [0.15, 0.2) is 60.7 Å². The van der Waals surface area contributed by atoms with E-state index in [1.165, 1.54) is 7.11 Å². The van der Waals surface area contributed by atoms with Crippen LogP contribution in [0.3, 0.4) is 0 Å². The molecule has 0 bridgehead atoms. The van der Waals surface area contributed by atoms with E-state index in [1.807, 2.05) is 48.5 Å². The Bertz CT molecular complexity index is 1160. The van der Waals surface area contributed by atoms with Gasteiger partial charge in [-0.2, -0.15) is 0 Å². The average molecular weight is 479 g/mol. The third kappa shape index (κ3) is 4.57. The molecule has 4 rings (SSSR count). The smallest absolute Gasteiger partial charge is 0.234 e. The monoisotopic (exact) mass is 478 g/mol. The van der Waals surface area contributed by atoms with Gasteiger partial charge in [-0.05, 0) is 23.3 Å². The molecule has 1 aliphatic heterocycles. The van der Waals surface area contributed by atoms with E-state index in [-0.39, 0.29) is 24.4 Å². The van der Waals surface area contributed by atoms with Gasteiger partial charge < -0.3 is 34.3 Å². The van der Waals surface area contributed by atoms with Gasteiger partial charge in [0.05, 0.1) is 46.1 Å². The lowest BCUT2D eigenvalue weighted by molar-refractivity contribution is -0.129. The first-order chi connectivity index (χ1) is 17.1. The van der Waals surface area contributed by atoms with E-state index in [1.54, 1.807) is 38.4 Å². The van der Waals surface area contributed by atoms with Gasteiger partial charge in [-0.1, -0.05) is 36.4 Å². The third-order valence-electron chi connectivity index (χ3n) is 6.16. The molecule has 0 unspecified atom stereocenters. The fourth-order valence-corrected chi connectivity index (χ4v) is 4.38. The number of rotatable bonds is 10. The average Bonchev–Trinajstić information content (AvgIpc) is 2.90. The van der Waals surface area contributed by atoms with Gasteiger partial charge in [-0.3, -0.25) is 4.79 Å². The quantitative estimate of drug-likeness (QED) is 0.441. The van der Waals surface area contributed by atoms with Crippen LogP contribution in [-0.2, 0) is 11.4 Å². The Morgan fingerprint density at radius 1 is 0.800 bits per heavy atom. The number of hydrogen-bond donors (Lipinski definition) is 1. The number of benzene rings is 3. The molecule has 1 aliphatic rings. The third-order valence-corrected chi connectivity index (χ3v) is 6.16. The second-order valence-electron chi connectivity index (χ2n) is 8.06. The predicted molar refractivity (Wildman–Crippen MR) is 133 cm³/mol. The first-order valence-corrected chi connectivity index (χ1v) is 11.2. The number of nitrogens with zero attached hydrogens (tertiary/aromatic N) is 1. The number of amides is 1. The van der Waals surface area contributed by atoms with E-state index < -0.39 is 0 Å². The molecule has 2 N–H and O–H groups in total. The molecule has 3 aromatic rings. The Morgan fingerprint density at radius 2 is 1.46 bits per heavy atom. The largest absolute Gasteiger partial charge is 0.493 e. The molecule has 0 aromatic heterocycles. The molecule has 8 nitrogen and oxygen atoms in total. The maximum Gasteiger partial charge on any atom is 0.234 e. The number of β-lactam (4-membered cyclic amide) rings is 1. The number of hydrogen-bond acceptors (Lipinski definition) is 7. The zero-order chi connectivity index (χ0) is 24.9. The Balaban J connectivity index is 1.70. The summed E-state index contributed by atoms with van der Waals surface area (Å²) in [7, 11) is 6.22. The van der Waals surface area contributed by atoms with E-state index in [2.05, 4.69) is 0 Å². The fraction of sp³-hybridized carbons (Fsp3) is 0.296. The number of methoxy groups -OCH3 is 4. The highest BCUT2D eigenvalue weighted by Crippen LogP contribution is 2.49. The molecule has 1 heterocycles. The predicted octanol–water partition coefficient (Wildman–Crippen LogP) is 3.96. The van der Waals surface area contributed by atoms with Crippen LogP contribution < -0.4 is 34.3 Å². The van der Waals surface area contributed by atoms with Crippen LogP contribution in [0.25, 0.3) is 0 Å². The molecule has 0 radical (unpaired) electrons. The topological polar surface area (TPSA) is 92.5 Å². The van der Waals surface area contributed by atoms with E-state index in [0.29, 0.717) is 41.0 Å². The van der Waals surface area contributed by atoms with Crippen LogP contribution in [0.2, 0.25) is 0 Å². The Labute approximate surface area is 205 Å². The first kappa shape index (κ1) is 24.2. The lowest BCUT2D eigenvalue weighted by atomic mass is 9.81. The van der Waals surface area contributed by atoms with Crippen LogP contribution in [0.5, 0.6) is 28.7 Å². The number of anilines is 1. The Hall–Kier alpha value is -3.91. The lowest BCUT2D eigenvalue weighted by Crippen LogP contribution is -2.57. The van der Waals surface area contributed by atoms with Gasteiger partial charge in [-0.15, -0.1) is 0 Å². The summed E-state index contributed by atoms with van der Waals surface area (Å²) in [5.41, 5.74) is 8.56. The standard InChI is InChI=1S/C27H30N2O6/c1-31-21-11-10-18(12-22(21)35-16-17-8-6-5-7-9-17)25-20(15-28)27(30)29(25)19-13-23(32-2)26(34-4)24(14-19)33-3/h5-14,20,25H,15-16,28H2,1-4H3/t20-,25-/m0/s1. The summed E-state index contributed by atoms with van der Waals surface area (Å²) in [6.07, 6.45) is 0. The molecule has 1 fully saturated rings. The van der Waals surface area contributed by atoms with Crippen molar-refractivity contribution in [1.82, 2.24) is 0 Å². The van der Waals surface area contributed by atoms with Gasteiger partial charge in [0.25, 0.3) is 0 Å². The Morgan fingerprint density at radius 3 is 2.03 bits per heavy atom. The summed E-state index contributed by atoms with van der Waals surface area (Å²) >= 11 is 0. The van der Waals surface area contributed by atoms with Crippen LogP contribution in [0.4, 0.5) is 5.69 Å². The molecular weight excluding hydrogens is 448 g/mol. The summed E-state index contributed by atoms with van der Waals surface area (Å²) in [5, 5.41) is 0. The number of nitrogens with two attached hydrogens (primary N) is 1. The normalized spacial score (nSPS) is 16.9. The molecule has 8 heteroatoms. The van der Waals surface area contributed by atoms with Crippen molar-refractivity contribution in [1.29, 1.82) is 0 Å². The summed E-state index contributed by atoms with van der Waals surface area (Å²) in [5.74, 6) is 2.14. The molecular formula is C27H30N2O6. The minimum atomic E-state index is -0.371. The summed E-state index contributed by atoms with van der Waals surface area (Å²) in [6, 6.07) is 18.8. The second kappa shape index (κ2) is 10.6. The number of carbonyl (C=O) groups is 1. The molecule has 1 saturated heterocycles. The maximum atomic E-state index is 13.1. The van der Waals surface area contributed by atoms with Gasteiger partial charge >= 0.3 is 0 Å². The van der Waals surface area contributed by atoms with Crippen LogP contribution in [0.1, 0.15) is 17.2 Å². The number of ether oxygens (including phenoxy) is 5. The summed E-state index contributed by atoms with van der Waals surface area (Å²) < 4.78 is 28.0. The fourth-order valence-electron chi connectivity index (χ4n) is 4.38.